The van der Waals surface area contributed by atoms with Crippen molar-refractivity contribution >= 4 is 22.4 Å². The summed E-state index contributed by atoms with van der Waals surface area (Å²) < 4.78 is 11.7. The molecule has 2 fully saturated rings. The van der Waals surface area contributed by atoms with Crippen molar-refractivity contribution < 1.29 is 14.3 Å². The molecule has 0 aliphatic carbocycles. The fourth-order valence-electron chi connectivity index (χ4n) is 4.14. The maximum atomic E-state index is 12.7. The van der Waals surface area contributed by atoms with E-state index in [1.807, 2.05) is 43.1 Å². The molecule has 1 aromatic heterocycles. The van der Waals surface area contributed by atoms with Crippen LogP contribution in [0, 0.1) is 0 Å². The van der Waals surface area contributed by atoms with E-state index >= 15 is 0 Å². The highest BCUT2D eigenvalue weighted by Crippen LogP contribution is 2.35. The second-order valence-electron chi connectivity index (χ2n) is 7.99. The van der Waals surface area contributed by atoms with E-state index in [9.17, 15) is 4.79 Å². The lowest BCUT2D eigenvalue weighted by Gasteiger charge is -2.18. The van der Waals surface area contributed by atoms with Crippen LogP contribution in [0.3, 0.4) is 0 Å². The molecule has 2 aliphatic heterocycles. The molecular weight excluding hydrogens is 364 g/mol. The Morgan fingerprint density at radius 1 is 0.931 bits per heavy atom. The van der Waals surface area contributed by atoms with Gasteiger partial charge in [0.15, 0.2) is 6.29 Å². The molecule has 2 aromatic carbocycles. The summed E-state index contributed by atoms with van der Waals surface area (Å²) >= 11 is 0. The van der Waals surface area contributed by atoms with Crippen molar-refractivity contribution in [3.63, 3.8) is 0 Å². The van der Waals surface area contributed by atoms with Gasteiger partial charge in [0, 0.05) is 47.9 Å². The molecule has 5 nitrogen and oxygen atoms in total. The lowest BCUT2D eigenvalue weighted by molar-refractivity contribution is -0.117. The molecule has 0 spiro atoms. The van der Waals surface area contributed by atoms with Gasteiger partial charge in [-0.25, -0.2) is 0 Å². The number of aromatic nitrogens is 1. The van der Waals surface area contributed by atoms with Gasteiger partial charge in [-0.05, 0) is 43.0 Å². The topological polar surface area (TPSA) is 51.7 Å². The van der Waals surface area contributed by atoms with Gasteiger partial charge in [-0.2, -0.15) is 0 Å². The van der Waals surface area contributed by atoms with Crippen LogP contribution in [-0.4, -0.2) is 29.6 Å². The quantitative estimate of drug-likeness (QED) is 0.659. The first-order chi connectivity index (χ1) is 14.1. The minimum atomic E-state index is -0.303. The van der Waals surface area contributed by atoms with E-state index in [0.29, 0.717) is 13.0 Å². The number of carbonyl (C=O) groups excluding carboxylic acids is 1. The number of anilines is 1. The predicted molar refractivity (Wildman–Crippen MR) is 112 cm³/mol. The van der Waals surface area contributed by atoms with Gasteiger partial charge in [-0.3, -0.25) is 9.78 Å². The molecule has 1 unspecified atom stereocenters. The van der Waals surface area contributed by atoms with Gasteiger partial charge < -0.3 is 14.4 Å². The zero-order chi connectivity index (χ0) is 20.0. The first kappa shape index (κ1) is 18.3. The molecule has 3 aromatic rings. The predicted octanol–water partition coefficient (Wildman–Crippen LogP) is 4.58. The van der Waals surface area contributed by atoms with Crippen molar-refractivity contribution in [1.29, 1.82) is 0 Å². The summed E-state index contributed by atoms with van der Waals surface area (Å²) in [6, 6.07) is 16.4. The second kappa shape index (κ2) is 7.25. The molecule has 0 saturated carbocycles. The third kappa shape index (κ3) is 3.41. The molecule has 148 valence electrons. The SMILES string of the molecule is C[C@@H]1OC(c2ccc(C3CC(=O)N(c4ccc5cnccc5c4)C3)cc2)O[C@H]1C. The number of hydrogen-bond donors (Lipinski definition) is 0. The molecule has 0 bridgehead atoms. The summed E-state index contributed by atoms with van der Waals surface area (Å²) in [4.78, 5) is 18.8. The van der Waals surface area contributed by atoms with Gasteiger partial charge in [0.25, 0.3) is 0 Å². The van der Waals surface area contributed by atoms with Crippen LogP contribution in [0.2, 0.25) is 0 Å². The Morgan fingerprint density at radius 3 is 2.41 bits per heavy atom. The fraction of sp³-hybridized carbons (Fsp3) is 0.333. The summed E-state index contributed by atoms with van der Waals surface area (Å²) in [5.41, 5.74) is 3.14. The van der Waals surface area contributed by atoms with Gasteiger partial charge >= 0.3 is 0 Å². The Hall–Kier alpha value is -2.76. The first-order valence-corrected chi connectivity index (χ1v) is 10.1. The van der Waals surface area contributed by atoms with E-state index in [1.54, 1.807) is 6.20 Å². The van der Waals surface area contributed by atoms with Gasteiger partial charge in [0.2, 0.25) is 5.91 Å². The maximum absolute atomic E-state index is 12.7. The Morgan fingerprint density at radius 2 is 1.66 bits per heavy atom. The fourth-order valence-corrected chi connectivity index (χ4v) is 4.14. The molecule has 2 saturated heterocycles. The lowest BCUT2D eigenvalue weighted by Crippen LogP contribution is -2.24. The van der Waals surface area contributed by atoms with Crippen molar-refractivity contribution in [2.24, 2.45) is 0 Å². The molecule has 0 radical (unpaired) electrons. The number of ether oxygens (including phenoxy) is 2. The van der Waals surface area contributed by atoms with Crippen LogP contribution in [0.15, 0.2) is 60.9 Å². The van der Waals surface area contributed by atoms with Crippen LogP contribution < -0.4 is 4.90 Å². The molecule has 29 heavy (non-hydrogen) atoms. The van der Waals surface area contributed by atoms with Crippen LogP contribution >= 0.6 is 0 Å². The summed E-state index contributed by atoms with van der Waals surface area (Å²) in [6.07, 6.45) is 4.04. The van der Waals surface area contributed by atoms with Crippen LogP contribution in [0.4, 0.5) is 5.69 Å². The molecule has 2 aliphatic rings. The number of carbonyl (C=O) groups is 1. The van der Waals surface area contributed by atoms with E-state index in [1.165, 1.54) is 5.56 Å². The minimum absolute atomic E-state index is 0.0958. The molecule has 5 rings (SSSR count). The van der Waals surface area contributed by atoms with Gasteiger partial charge in [-0.15, -0.1) is 0 Å². The van der Waals surface area contributed by atoms with Crippen molar-refractivity contribution in [2.45, 2.75) is 44.7 Å². The molecule has 1 amide bonds. The second-order valence-corrected chi connectivity index (χ2v) is 7.99. The van der Waals surface area contributed by atoms with Crippen LogP contribution in [-0.2, 0) is 14.3 Å². The molecule has 3 atom stereocenters. The zero-order valence-corrected chi connectivity index (χ0v) is 16.6. The van der Waals surface area contributed by atoms with Gasteiger partial charge in [0.1, 0.15) is 0 Å². The summed E-state index contributed by atoms with van der Waals surface area (Å²) in [5.74, 6) is 0.352. The summed E-state index contributed by atoms with van der Waals surface area (Å²) in [7, 11) is 0. The standard InChI is InChI=1S/C24H24N2O3/c1-15-16(2)29-24(28-15)18-5-3-17(4-6-18)21-12-23(27)26(14-21)22-8-7-20-13-25-10-9-19(20)11-22/h3-11,13,15-16,21,24H,12,14H2,1-2H3/t15-,16-,21?/m0/s1. The van der Waals surface area contributed by atoms with E-state index in [-0.39, 0.29) is 30.3 Å². The Bertz CT molecular complexity index is 1040. The van der Waals surface area contributed by atoms with E-state index in [2.05, 4.69) is 35.3 Å². The largest absolute Gasteiger partial charge is 0.343 e. The molecule has 5 heteroatoms. The molecule has 3 heterocycles. The summed E-state index contributed by atoms with van der Waals surface area (Å²) in [5, 5.41) is 2.17. The van der Waals surface area contributed by atoms with E-state index in [0.717, 1.165) is 22.0 Å². The van der Waals surface area contributed by atoms with E-state index < -0.39 is 0 Å². The van der Waals surface area contributed by atoms with Gasteiger partial charge in [0.05, 0.1) is 12.2 Å². The first-order valence-electron chi connectivity index (χ1n) is 10.1. The lowest BCUT2D eigenvalue weighted by atomic mass is 9.97. The minimum Gasteiger partial charge on any atom is -0.343 e. The van der Waals surface area contributed by atoms with E-state index in [4.69, 9.17) is 9.47 Å². The average molecular weight is 388 g/mol. The number of nitrogens with zero attached hydrogens (tertiary/aromatic N) is 2. The van der Waals surface area contributed by atoms with Gasteiger partial charge in [-0.1, -0.05) is 30.3 Å². The smallest absolute Gasteiger partial charge is 0.227 e. The Balaban J connectivity index is 1.33. The number of hydrogen-bond acceptors (Lipinski definition) is 4. The highest BCUT2D eigenvalue weighted by atomic mass is 16.7. The number of pyridine rings is 1. The molecule has 0 N–H and O–H groups in total. The number of rotatable bonds is 3. The number of amides is 1. The average Bonchev–Trinajstić information content (AvgIpc) is 3.30. The monoisotopic (exact) mass is 388 g/mol. The normalized spacial score (nSPS) is 25.2. The maximum Gasteiger partial charge on any atom is 0.227 e. The third-order valence-corrected chi connectivity index (χ3v) is 6.08. The third-order valence-electron chi connectivity index (χ3n) is 6.08. The van der Waals surface area contributed by atoms with Crippen LogP contribution in [0.1, 0.15) is 43.6 Å². The van der Waals surface area contributed by atoms with Crippen LogP contribution in [0.5, 0.6) is 0 Å². The Labute approximate surface area is 170 Å². The van der Waals surface area contributed by atoms with Crippen molar-refractivity contribution in [2.75, 3.05) is 11.4 Å². The van der Waals surface area contributed by atoms with Crippen LogP contribution in [0.25, 0.3) is 10.8 Å². The number of benzene rings is 2. The molecular formula is C24H24N2O3. The summed E-state index contributed by atoms with van der Waals surface area (Å²) in [6.45, 7) is 4.75. The number of fused-ring (bicyclic) bond motifs is 1. The zero-order valence-electron chi connectivity index (χ0n) is 16.6. The Kier molecular flexibility index (Phi) is 4.57. The van der Waals surface area contributed by atoms with Crippen molar-refractivity contribution in [3.05, 3.63) is 72.1 Å². The van der Waals surface area contributed by atoms with Crippen molar-refractivity contribution in [1.82, 2.24) is 4.98 Å². The highest BCUT2D eigenvalue weighted by Gasteiger charge is 2.33. The van der Waals surface area contributed by atoms with Crippen molar-refractivity contribution in [3.8, 4) is 0 Å². The highest BCUT2D eigenvalue weighted by molar-refractivity contribution is 5.98.